The summed E-state index contributed by atoms with van der Waals surface area (Å²) in [5.74, 6) is 0.967. The molecule has 1 aliphatic rings. The average Bonchev–Trinajstić information content (AvgIpc) is 3.21. The Bertz CT molecular complexity index is 532. The van der Waals surface area contributed by atoms with Gasteiger partial charge in [-0.2, -0.15) is 0 Å². The van der Waals surface area contributed by atoms with Gasteiger partial charge in [0.2, 0.25) is 0 Å². The van der Waals surface area contributed by atoms with Crippen molar-refractivity contribution in [3.63, 3.8) is 0 Å². The van der Waals surface area contributed by atoms with Crippen LogP contribution in [0.4, 0.5) is 5.69 Å². The van der Waals surface area contributed by atoms with E-state index in [0.717, 1.165) is 23.7 Å². The molecule has 0 aromatic carbocycles. The van der Waals surface area contributed by atoms with Crippen LogP contribution in [-0.4, -0.2) is 16.1 Å². The third kappa shape index (κ3) is 2.85. The summed E-state index contributed by atoms with van der Waals surface area (Å²) in [6, 6.07) is 8.46. The Morgan fingerprint density at radius 2 is 2.25 bits per heavy atom. The molecule has 2 aromatic heterocycles. The molecule has 1 fully saturated rings. The fourth-order valence-electron chi connectivity index (χ4n) is 2.36. The summed E-state index contributed by atoms with van der Waals surface area (Å²) in [5, 5.41) is 9.80. The van der Waals surface area contributed by atoms with Crippen molar-refractivity contribution in [3.05, 3.63) is 48.2 Å². The predicted molar refractivity (Wildman–Crippen MR) is 77.4 cm³/mol. The first kappa shape index (κ1) is 13.2. The molecule has 20 heavy (non-hydrogen) atoms. The molecule has 2 heterocycles. The topological polar surface area (TPSA) is 49.5 Å². The highest BCUT2D eigenvalue weighted by Crippen LogP contribution is 2.33. The van der Waals surface area contributed by atoms with Gasteiger partial charge in [-0.05, 0) is 43.5 Å². The number of nitrogens with zero attached hydrogens (tertiary/aromatic N) is 2. The number of anilines is 1. The first-order valence-electron chi connectivity index (χ1n) is 7.21. The molecular formula is C16H20N2O2. The minimum absolute atomic E-state index is 0.469. The zero-order chi connectivity index (χ0) is 13.9. The van der Waals surface area contributed by atoms with Crippen molar-refractivity contribution < 1.29 is 9.52 Å². The molecule has 1 atom stereocenters. The number of aliphatic hydroxyl groups is 1. The SMILES string of the molecule is CCC(O)c1ccc(N(Cc2ccco2)C2CC2)cn1. The second-order valence-corrected chi connectivity index (χ2v) is 5.30. The van der Waals surface area contributed by atoms with Gasteiger partial charge in [0, 0.05) is 6.04 Å². The molecule has 106 valence electrons. The van der Waals surface area contributed by atoms with Crippen LogP contribution in [0.25, 0.3) is 0 Å². The van der Waals surface area contributed by atoms with E-state index in [-0.39, 0.29) is 0 Å². The van der Waals surface area contributed by atoms with Gasteiger partial charge in [-0.15, -0.1) is 0 Å². The van der Waals surface area contributed by atoms with Gasteiger partial charge in [0.15, 0.2) is 0 Å². The van der Waals surface area contributed by atoms with Gasteiger partial charge in [-0.25, -0.2) is 0 Å². The second-order valence-electron chi connectivity index (χ2n) is 5.30. The van der Waals surface area contributed by atoms with Crippen molar-refractivity contribution in [2.24, 2.45) is 0 Å². The summed E-state index contributed by atoms with van der Waals surface area (Å²) in [4.78, 5) is 6.71. The molecule has 0 radical (unpaired) electrons. The van der Waals surface area contributed by atoms with E-state index in [1.165, 1.54) is 12.8 Å². The molecule has 0 aliphatic heterocycles. The molecule has 0 bridgehead atoms. The van der Waals surface area contributed by atoms with E-state index < -0.39 is 6.10 Å². The van der Waals surface area contributed by atoms with Gasteiger partial charge in [-0.1, -0.05) is 6.92 Å². The van der Waals surface area contributed by atoms with Gasteiger partial charge in [0.1, 0.15) is 5.76 Å². The van der Waals surface area contributed by atoms with E-state index in [1.54, 1.807) is 6.26 Å². The molecule has 1 N–H and O–H groups in total. The molecular weight excluding hydrogens is 252 g/mol. The summed E-state index contributed by atoms with van der Waals surface area (Å²) < 4.78 is 5.44. The van der Waals surface area contributed by atoms with Crippen molar-refractivity contribution >= 4 is 5.69 Å². The molecule has 3 rings (SSSR count). The third-order valence-electron chi connectivity index (χ3n) is 3.72. The number of rotatable bonds is 6. The van der Waals surface area contributed by atoms with Gasteiger partial charge in [-0.3, -0.25) is 4.98 Å². The molecule has 4 nitrogen and oxygen atoms in total. The highest BCUT2D eigenvalue weighted by atomic mass is 16.3. The van der Waals surface area contributed by atoms with Crippen molar-refractivity contribution in [1.82, 2.24) is 4.98 Å². The largest absolute Gasteiger partial charge is 0.467 e. The maximum atomic E-state index is 9.80. The normalized spacial score (nSPS) is 16.1. The molecule has 2 aromatic rings. The standard InChI is InChI=1S/C16H20N2O2/c1-2-16(19)15-8-7-13(10-17-15)18(12-5-6-12)11-14-4-3-9-20-14/h3-4,7-10,12,16,19H,2,5-6,11H2,1H3. The van der Waals surface area contributed by atoms with E-state index >= 15 is 0 Å². The Hall–Kier alpha value is -1.81. The summed E-state index contributed by atoms with van der Waals surface area (Å²) in [7, 11) is 0. The Balaban J connectivity index is 1.77. The Kier molecular flexibility index (Phi) is 3.74. The van der Waals surface area contributed by atoms with Crippen LogP contribution in [0, 0.1) is 0 Å². The van der Waals surface area contributed by atoms with Crippen LogP contribution in [0.1, 0.15) is 43.7 Å². The van der Waals surface area contributed by atoms with Crippen LogP contribution in [-0.2, 0) is 6.54 Å². The zero-order valence-electron chi connectivity index (χ0n) is 11.7. The summed E-state index contributed by atoms with van der Waals surface area (Å²) in [6.45, 7) is 2.72. The number of aromatic nitrogens is 1. The van der Waals surface area contributed by atoms with Gasteiger partial charge in [0.05, 0.1) is 36.5 Å². The molecule has 1 unspecified atom stereocenters. The van der Waals surface area contributed by atoms with Crippen molar-refractivity contribution in [3.8, 4) is 0 Å². The quantitative estimate of drug-likeness (QED) is 0.876. The van der Waals surface area contributed by atoms with E-state index in [1.807, 2.05) is 37.4 Å². The molecule has 0 spiro atoms. The highest BCUT2D eigenvalue weighted by molar-refractivity contribution is 5.47. The van der Waals surface area contributed by atoms with Crippen molar-refractivity contribution in [2.45, 2.75) is 44.9 Å². The molecule has 1 saturated carbocycles. The lowest BCUT2D eigenvalue weighted by Gasteiger charge is -2.23. The van der Waals surface area contributed by atoms with Crippen LogP contribution in [0.5, 0.6) is 0 Å². The first-order chi connectivity index (χ1) is 9.78. The highest BCUT2D eigenvalue weighted by Gasteiger charge is 2.30. The Morgan fingerprint density at radius 1 is 1.40 bits per heavy atom. The summed E-state index contributed by atoms with van der Waals surface area (Å²) in [6.07, 6.45) is 6.23. The van der Waals surface area contributed by atoms with E-state index in [9.17, 15) is 5.11 Å². The lowest BCUT2D eigenvalue weighted by molar-refractivity contribution is 0.169. The van der Waals surface area contributed by atoms with Gasteiger partial charge < -0.3 is 14.4 Å². The van der Waals surface area contributed by atoms with Crippen molar-refractivity contribution in [1.29, 1.82) is 0 Å². The van der Waals surface area contributed by atoms with E-state index in [0.29, 0.717) is 12.5 Å². The van der Waals surface area contributed by atoms with Crippen LogP contribution >= 0.6 is 0 Å². The average molecular weight is 272 g/mol. The number of hydrogen-bond donors (Lipinski definition) is 1. The maximum absolute atomic E-state index is 9.80. The summed E-state index contributed by atoms with van der Waals surface area (Å²) >= 11 is 0. The Morgan fingerprint density at radius 3 is 2.80 bits per heavy atom. The van der Waals surface area contributed by atoms with Gasteiger partial charge in [0.25, 0.3) is 0 Å². The fourth-order valence-corrected chi connectivity index (χ4v) is 2.36. The van der Waals surface area contributed by atoms with Gasteiger partial charge >= 0.3 is 0 Å². The predicted octanol–water partition coefficient (Wildman–Crippen LogP) is 3.29. The minimum Gasteiger partial charge on any atom is -0.467 e. The Labute approximate surface area is 119 Å². The lowest BCUT2D eigenvalue weighted by Crippen LogP contribution is -2.25. The number of furan rings is 1. The number of pyridine rings is 1. The zero-order valence-corrected chi connectivity index (χ0v) is 11.7. The smallest absolute Gasteiger partial charge is 0.123 e. The van der Waals surface area contributed by atoms with E-state index in [4.69, 9.17) is 4.42 Å². The van der Waals surface area contributed by atoms with E-state index in [2.05, 4.69) is 9.88 Å². The van der Waals surface area contributed by atoms with Crippen LogP contribution < -0.4 is 4.90 Å². The monoisotopic (exact) mass is 272 g/mol. The molecule has 0 saturated heterocycles. The first-order valence-corrected chi connectivity index (χ1v) is 7.21. The second kappa shape index (κ2) is 5.67. The lowest BCUT2D eigenvalue weighted by atomic mass is 10.2. The molecule has 0 amide bonds. The molecule has 4 heteroatoms. The minimum atomic E-state index is -0.469. The third-order valence-corrected chi connectivity index (χ3v) is 3.72. The number of hydrogen-bond acceptors (Lipinski definition) is 4. The summed E-state index contributed by atoms with van der Waals surface area (Å²) in [5.41, 5.74) is 1.83. The van der Waals surface area contributed by atoms with Crippen LogP contribution in [0.2, 0.25) is 0 Å². The fraction of sp³-hybridized carbons (Fsp3) is 0.438. The number of aliphatic hydroxyl groups excluding tert-OH is 1. The van der Waals surface area contributed by atoms with Crippen molar-refractivity contribution in [2.75, 3.05) is 4.90 Å². The van der Waals surface area contributed by atoms with Crippen LogP contribution in [0.3, 0.4) is 0 Å². The van der Waals surface area contributed by atoms with Crippen LogP contribution in [0.15, 0.2) is 41.1 Å². The molecule has 1 aliphatic carbocycles. The maximum Gasteiger partial charge on any atom is 0.123 e.